The van der Waals surface area contributed by atoms with Crippen LogP contribution in [0, 0.1) is 0 Å². The molecule has 3 heterocycles. The Labute approximate surface area is 133 Å². The fourth-order valence-corrected chi connectivity index (χ4v) is 2.51. The molecule has 4 rings (SSSR count). The van der Waals surface area contributed by atoms with Crippen molar-refractivity contribution in [1.82, 2.24) is 15.1 Å². The van der Waals surface area contributed by atoms with Crippen molar-refractivity contribution in [3.05, 3.63) is 60.0 Å². The van der Waals surface area contributed by atoms with E-state index in [9.17, 15) is 0 Å². The van der Waals surface area contributed by atoms with Gasteiger partial charge in [0.25, 0.3) is 5.89 Å². The molecule has 0 spiro atoms. The van der Waals surface area contributed by atoms with E-state index in [4.69, 9.17) is 9.36 Å². The van der Waals surface area contributed by atoms with Crippen molar-refractivity contribution in [3.8, 4) is 11.5 Å². The number of rotatable bonds is 4. The van der Waals surface area contributed by atoms with E-state index in [2.05, 4.69) is 15.1 Å². The second kappa shape index (κ2) is 6.18. The fourth-order valence-electron chi connectivity index (χ4n) is 2.51. The van der Waals surface area contributed by atoms with Gasteiger partial charge in [0.15, 0.2) is 11.6 Å². The minimum absolute atomic E-state index is 0.484. The lowest BCUT2D eigenvalue weighted by Crippen LogP contribution is -2.17. The summed E-state index contributed by atoms with van der Waals surface area (Å²) in [6, 6.07) is 13.9. The molecule has 23 heavy (non-hydrogen) atoms. The minimum Gasteiger partial charge on any atom is -0.334 e. The third-order valence-electron chi connectivity index (χ3n) is 3.68. The van der Waals surface area contributed by atoms with E-state index in [0.717, 1.165) is 36.5 Å². The molecule has 0 atom stereocenters. The zero-order chi connectivity index (χ0) is 15.5. The summed E-state index contributed by atoms with van der Waals surface area (Å²) in [5, 5.41) is 5.84. The Morgan fingerprint density at radius 1 is 1.09 bits per heavy atom. The molecule has 0 aliphatic carbocycles. The second-order valence-electron chi connectivity index (χ2n) is 5.37. The van der Waals surface area contributed by atoms with Gasteiger partial charge in [-0.3, -0.25) is 4.84 Å². The van der Waals surface area contributed by atoms with E-state index in [1.807, 2.05) is 42.5 Å². The Bertz CT molecular complexity index is 765. The van der Waals surface area contributed by atoms with Crippen LogP contribution < -0.4 is 5.06 Å². The summed E-state index contributed by atoms with van der Waals surface area (Å²) in [5.41, 5.74) is 1.96. The summed E-state index contributed by atoms with van der Waals surface area (Å²) in [7, 11) is 0. The topological polar surface area (TPSA) is 64.3 Å². The summed E-state index contributed by atoms with van der Waals surface area (Å²) < 4.78 is 5.34. The molecule has 0 amide bonds. The minimum atomic E-state index is 0.484. The van der Waals surface area contributed by atoms with Gasteiger partial charge in [-0.25, -0.2) is 10.0 Å². The molecule has 3 aromatic rings. The first-order valence-corrected chi connectivity index (χ1v) is 7.62. The molecular formula is C17H16N4O2. The first-order chi connectivity index (χ1) is 11.4. The van der Waals surface area contributed by atoms with Crippen molar-refractivity contribution in [1.29, 1.82) is 0 Å². The Hall–Kier alpha value is -2.73. The van der Waals surface area contributed by atoms with Crippen molar-refractivity contribution < 1.29 is 9.36 Å². The van der Waals surface area contributed by atoms with E-state index >= 15 is 0 Å². The van der Waals surface area contributed by atoms with Crippen LogP contribution in [-0.4, -0.2) is 28.3 Å². The Morgan fingerprint density at radius 2 is 2.00 bits per heavy atom. The zero-order valence-electron chi connectivity index (χ0n) is 12.6. The lowest BCUT2D eigenvalue weighted by Gasteiger charge is -2.14. The Balaban J connectivity index is 1.50. The first kappa shape index (κ1) is 13.9. The molecule has 116 valence electrons. The fraction of sp³-hybridized carbons (Fsp3) is 0.235. The lowest BCUT2D eigenvalue weighted by atomic mass is 10.1. The maximum Gasteiger partial charge on any atom is 0.259 e. The van der Waals surface area contributed by atoms with Gasteiger partial charge in [0.1, 0.15) is 0 Å². The number of hydroxylamine groups is 1. The predicted molar refractivity (Wildman–Crippen MR) is 84.7 cm³/mol. The van der Waals surface area contributed by atoms with Gasteiger partial charge in [0, 0.05) is 19.2 Å². The number of benzene rings is 1. The van der Waals surface area contributed by atoms with E-state index in [-0.39, 0.29) is 0 Å². The SMILES string of the molecule is c1ccc(Cc2noc(-c3ccc(N4CCCO4)nc3)n2)cc1. The molecule has 1 aromatic carbocycles. The van der Waals surface area contributed by atoms with Crippen LogP contribution in [0.1, 0.15) is 17.8 Å². The van der Waals surface area contributed by atoms with Crippen molar-refractivity contribution in [2.45, 2.75) is 12.8 Å². The van der Waals surface area contributed by atoms with Gasteiger partial charge >= 0.3 is 0 Å². The van der Waals surface area contributed by atoms with Crippen LogP contribution in [0.15, 0.2) is 53.2 Å². The van der Waals surface area contributed by atoms with Gasteiger partial charge in [-0.05, 0) is 24.1 Å². The van der Waals surface area contributed by atoms with Crippen LogP contribution in [0.25, 0.3) is 11.5 Å². The van der Waals surface area contributed by atoms with Gasteiger partial charge in [-0.2, -0.15) is 4.98 Å². The van der Waals surface area contributed by atoms with Crippen molar-refractivity contribution >= 4 is 5.82 Å². The van der Waals surface area contributed by atoms with Crippen LogP contribution in [0.3, 0.4) is 0 Å². The number of aromatic nitrogens is 3. The number of pyridine rings is 1. The number of hydrogen-bond donors (Lipinski definition) is 0. The molecule has 0 N–H and O–H groups in total. The molecule has 1 aliphatic heterocycles. The molecule has 0 unspecified atom stereocenters. The highest BCUT2D eigenvalue weighted by Gasteiger charge is 2.15. The van der Waals surface area contributed by atoms with Crippen LogP contribution in [0.5, 0.6) is 0 Å². The monoisotopic (exact) mass is 308 g/mol. The Morgan fingerprint density at radius 3 is 2.74 bits per heavy atom. The standard InChI is InChI=1S/C17H16N4O2/c1-2-5-13(6-3-1)11-15-19-17(23-20-15)14-7-8-16(18-12-14)21-9-4-10-22-21/h1-3,5-8,12H,4,9-11H2. The van der Waals surface area contributed by atoms with Crippen molar-refractivity contribution in [2.24, 2.45) is 0 Å². The average molecular weight is 308 g/mol. The van der Waals surface area contributed by atoms with Crippen LogP contribution in [0.4, 0.5) is 5.82 Å². The molecule has 0 saturated carbocycles. The van der Waals surface area contributed by atoms with Crippen molar-refractivity contribution in [2.75, 3.05) is 18.2 Å². The highest BCUT2D eigenvalue weighted by molar-refractivity contribution is 5.54. The summed E-state index contributed by atoms with van der Waals surface area (Å²) >= 11 is 0. The zero-order valence-corrected chi connectivity index (χ0v) is 12.6. The van der Waals surface area contributed by atoms with Gasteiger partial charge < -0.3 is 4.52 Å². The summed E-state index contributed by atoms with van der Waals surface area (Å²) in [6.45, 7) is 1.62. The maximum absolute atomic E-state index is 5.47. The number of nitrogens with zero attached hydrogens (tertiary/aromatic N) is 4. The molecule has 0 bridgehead atoms. The average Bonchev–Trinajstić information content (AvgIpc) is 3.28. The molecule has 1 fully saturated rings. The van der Waals surface area contributed by atoms with Crippen LogP contribution >= 0.6 is 0 Å². The third kappa shape index (κ3) is 3.07. The highest BCUT2D eigenvalue weighted by atomic mass is 16.7. The van der Waals surface area contributed by atoms with E-state index in [1.165, 1.54) is 0 Å². The summed E-state index contributed by atoms with van der Waals surface area (Å²) in [4.78, 5) is 14.3. The first-order valence-electron chi connectivity index (χ1n) is 7.62. The molecule has 1 aliphatic rings. The largest absolute Gasteiger partial charge is 0.334 e. The van der Waals surface area contributed by atoms with Gasteiger partial charge in [-0.1, -0.05) is 35.5 Å². The molecule has 6 heteroatoms. The maximum atomic E-state index is 5.47. The molecular weight excluding hydrogens is 292 g/mol. The predicted octanol–water partition coefficient (Wildman–Crippen LogP) is 2.86. The van der Waals surface area contributed by atoms with Gasteiger partial charge in [0.2, 0.25) is 0 Å². The number of hydrogen-bond acceptors (Lipinski definition) is 6. The summed E-state index contributed by atoms with van der Waals surface area (Å²) in [6.07, 6.45) is 3.41. The van der Waals surface area contributed by atoms with Gasteiger partial charge in [0.05, 0.1) is 12.2 Å². The van der Waals surface area contributed by atoms with E-state index in [1.54, 1.807) is 11.3 Å². The normalized spacial score (nSPS) is 14.3. The molecule has 1 saturated heterocycles. The van der Waals surface area contributed by atoms with Crippen LogP contribution in [0.2, 0.25) is 0 Å². The quantitative estimate of drug-likeness (QED) is 0.738. The molecule has 6 nitrogen and oxygen atoms in total. The van der Waals surface area contributed by atoms with Gasteiger partial charge in [-0.15, -0.1) is 0 Å². The Kier molecular flexibility index (Phi) is 3.73. The summed E-state index contributed by atoms with van der Waals surface area (Å²) in [5.74, 6) is 1.95. The van der Waals surface area contributed by atoms with E-state index in [0.29, 0.717) is 18.1 Å². The molecule has 0 radical (unpaired) electrons. The molecule has 2 aromatic heterocycles. The second-order valence-corrected chi connectivity index (χ2v) is 5.37. The smallest absolute Gasteiger partial charge is 0.259 e. The van der Waals surface area contributed by atoms with Crippen molar-refractivity contribution in [3.63, 3.8) is 0 Å². The van der Waals surface area contributed by atoms with E-state index < -0.39 is 0 Å². The highest BCUT2D eigenvalue weighted by Crippen LogP contribution is 2.21. The third-order valence-corrected chi connectivity index (χ3v) is 3.68. The number of anilines is 1. The lowest BCUT2D eigenvalue weighted by molar-refractivity contribution is 0.166. The van der Waals surface area contributed by atoms with Crippen LogP contribution in [-0.2, 0) is 11.3 Å².